The first-order chi connectivity index (χ1) is 9.91. The van der Waals surface area contributed by atoms with Gasteiger partial charge in [0.2, 0.25) is 0 Å². The van der Waals surface area contributed by atoms with Crippen molar-refractivity contribution in [3.05, 3.63) is 36.0 Å². The Bertz CT molecular complexity index is 590. The zero-order valence-corrected chi connectivity index (χ0v) is 12.3. The predicted octanol–water partition coefficient (Wildman–Crippen LogP) is 4.36. The Morgan fingerprint density at radius 2 is 1.81 bits per heavy atom. The second kappa shape index (κ2) is 6.34. The smallest absolute Gasteiger partial charge is 0.373 e. The van der Waals surface area contributed by atoms with E-state index in [9.17, 15) is 13.2 Å². The molecule has 0 spiro atoms. The van der Waals surface area contributed by atoms with Crippen LogP contribution in [0.25, 0.3) is 11.4 Å². The minimum absolute atomic E-state index is 0.133. The van der Waals surface area contributed by atoms with Crippen LogP contribution in [0.5, 0.6) is 0 Å². The fraction of sp³-hybridized carbons (Fsp3) is 0.286. The Morgan fingerprint density at radius 3 is 2.33 bits per heavy atom. The zero-order valence-electron chi connectivity index (χ0n) is 11.5. The zero-order chi connectivity index (χ0) is 15.5. The SMILES string of the molecule is CCc1cc(NC)nc(-c2ccc(SC(F)(F)F)cc2)n1. The highest BCUT2D eigenvalue weighted by Gasteiger charge is 2.29. The first kappa shape index (κ1) is 15.6. The summed E-state index contributed by atoms with van der Waals surface area (Å²) in [4.78, 5) is 8.86. The van der Waals surface area contributed by atoms with Gasteiger partial charge in [0.15, 0.2) is 5.82 Å². The van der Waals surface area contributed by atoms with Gasteiger partial charge in [0.1, 0.15) is 5.82 Å². The van der Waals surface area contributed by atoms with E-state index in [1.807, 2.05) is 13.0 Å². The number of benzene rings is 1. The quantitative estimate of drug-likeness (QED) is 0.851. The van der Waals surface area contributed by atoms with E-state index < -0.39 is 5.51 Å². The maximum Gasteiger partial charge on any atom is 0.446 e. The number of rotatable bonds is 4. The highest BCUT2D eigenvalue weighted by atomic mass is 32.2. The standard InChI is InChI=1S/C14H14F3N3S/c1-3-10-8-12(18-2)20-13(19-10)9-4-6-11(7-5-9)21-14(15,16)17/h4-8H,3H2,1-2H3,(H,18,19,20). The van der Waals surface area contributed by atoms with Crippen molar-refractivity contribution in [1.29, 1.82) is 0 Å². The Morgan fingerprint density at radius 1 is 1.14 bits per heavy atom. The lowest BCUT2D eigenvalue weighted by atomic mass is 10.2. The molecule has 0 radical (unpaired) electrons. The molecular weight excluding hydrogens is 299 g/mol. The molecule has 2 rings (SSSR count). The third-order valence-corrected chi connectivity index (χ3v) is 3.48. The number of hydrogen-bond donors (Lipinski definition) is 1. The number of nitrogens with zero attached hydrogens (tertiary/aromatic N) is 2. The molecule has 21 heavy (non-hydrogen) atoms. The van der Waals surface area contributed by atoms with Crippen LogP contribution < -0.4 is 5.32 Å². The van der Waals surface area contributed by atoms with Crippen molar-refractivity contribution >= 4 is 17.6 Å². The van der Waals surface area contributed by atoms with Crippen LogP contribution in [-0.2, 0) is 6.42 Å². The highest BCUT2D eigenvalue weighted by Crippen LogP contribution is 2.37. The van der Waals surface area contributed by atoms with Gasteiger partial charge in [-0.1, -0.05) is 19.1 Å². The minimum atomic E-state index is -4.28. The van der Waals surface area contributed by atoms with Crippen LogP contribution in [-0.4, -0.2) is 22.5 Å². The van der Waals surface area contributed by atoms with E-state index in [2.05, 4.69) is 15.3 Å². The normalized spacial score (nSPS) is 11.5. The van der Waals surface area contributed by atoms with E-state index in [1.54, 1.807) is 19.2 Å². The summed E-state index contributed by atoms with van der Waals surface area (Å²) in [6.45, 7) is 1.98. The van der Waals surface area contributed by atoms with Crippen LogP contribution in [0.3, 0.4) is 0 Å². The monoisotopic (exact) mass is 313 g/mol. The number of hydrogen-bond acceptors (Lipinski definition) is 4. The molecule has 1 N–H and O–H groups in total. The summed E-state index contributed by atoms with van der Waals surface area (Å²) in [5, 5.41) is 2.95. The highest BCUT2D eigenvalue weighted by molar-refractivity contribution is 8.00. The summed E-state index contributed by atoms with van der Waals surface area (Å²) >= 11 is -0.133. The molecule has 0 saturated carbocycles. The van der Waals surface area contributed by atoms with Gasteiger partial charge in [-0.05, 0) is 30.3 Å². The van der Waals surface area contributed by atoms with E-state index >= 15 is 0 Å². The van der Waals surface area contributed by atoms with Crippen LogP contribution in [0.2, 0.25) is 0 Å². The van der Waals surface area contributed by atoms with E-state index in [4.69, 9.17) is 0 Å². The lowest BCUT2D eigenvalue weighted by Gasteiger charge is -2.08. The number of aryl methyl sites for hydroxylation is 1. The van der Waals surface area contributed by atoms with Gasteiger partial charge in [-0.25, -0.2) is 9.97 Å². The van der Waals surface area contributed by atoms with Crippen LogP contribution >= 0.6 is 11.8 Å². The molecule has 0 aliphatic heterocycles. The summed E-state index contributed by atoms with van der Waals surface area (Å²) in [6.07, 6.45) is 0.756. The van der Waals surface area contributed by atoms with Gasteiger partial charge in [-0.2, -0.15) is 13.2 Å². The third kappa shape index (κ3) is 4.35. The van der Waals surface area contributed by atoms with Crippen molar-refractivity contribution in [3.8, 4) is 11.4 Å². The van der Waals surface area contributed by atoms with Crippen molar-refractivity contribution in [1.82, 2.24) is 9.97 Å². The van der Waals surface area contributed by atoms with Crippen molar-refractivity contribution < 1.29 is 13.2 Å². The average Bonchev–Trinajstić information content (AvgIpc) is 2.45. The number of halogens is 3. The molecule has 0 amide bonds. The Kier molecular flexibility index (Phi) is 4.72. The summed E-state index contributed by atoms with van der Waals surface area (Å²) in [5.74, 6) is 1.19. The summed E-state index contributed by atoms with van der Waals surface area (Å²) in [6, 6.07) is 7.89. The molecule has 2 aromatic rings. The molecule has 1 heterocycles. The van der Waals surface area contributed by atoms with E-state index in [0.29, 0.717) is 17.2 Å². The molecule has 112 valence electrons. The van der Waals surface area contributed by atoms with Gasteiger partial charge in [0.05, 0.1) is 0 Å². The van der Waals surface area contributed by atoms with Gasteiger partial charge in [0.25, 0.3) is 0 Å². The third-order valence-electron chi connectivity index (χ3n) is 2.74. The van der Waals surface area contributed by atoms with Gasteiger partial charge >= 0.3 is 5.51 Å². The Hall–Kier alpha value is -1.76. The summed E-state index contributed by atoms with van der Waals surface area (Å²) < 4.78 is 36.9. The Labute approximate surface area is 125 Å². The average molecular weight is 313 g/mol. The van der Waals surface area contributed by atoms with Crippen LogP contribution in [0.1, 0.15) is 12.6 Å². The first-order valence-electron chi connectivity index (χ1n) is 6.33. The molecule has 0 unspecified atom stereocenters. The van der Waals surface area contributed by atoms with Crippen molar-refractivity contribution in [2.24, 2.45) is 0 Å². The molecule has 7 heteroatoms. The second-order valence-corrected chi connectivity index (χ2v) is 5.38. The van der Waals surface area contributed by atoms with Crippen LogP contribution in [0, 0.1) is 0 Å². The molecule has 0 saturated heterocycles. The lowest BCUT2D eigenvalue weighted by molar-refractivity contribution is -0.0328. The van der Waals surface area contributed by atoms with Gasteiger partial charge in [-0.3, -0.25) is 0 Å². The molecule has 0 aliphatic rings. The summed E-state index contributed by atoms with van der Waals surface area (Å²) in [5.41, 5.74) is -2.72. The molecule has 0 fully saturated rings. The number of aromatic nitrogens is 2. The number of anilines is 1. The van der Waals surface area contributed by atoms with Gasteiger partial charge < -0.3 is 5.32 Å². The Balaban J connectivity index is 2.30. The molecule has 0 atom stereocenters. The van der Waals surface area contributed by atoms with E-state index in [0.717, 1.165) is 12.1 Å². The molecule has 1 aromatic heterocycles. The maximum absolute atomic E-state index is 12.3. The molecule has 0 bridgehead atoms. The number of nitrogens with one attached hydrogen (secondary N) is 1. The fourth-order valence-electron chi connectivity index (χ4n) is 1.74. The van der Waals surface area contributed by atoms with E-state index in [1.165, 1.54) is 12.1 Å². The topological polar surface area (TPSA) is 37.8 Å². The number of thioether (sulfide) groups is 1. The minimum Gasteiger partial charge on any atom is -0.373 e. The van der Waals surface area contributed by atoms with Crippen LogP contribution in [0.15, 0.2) is 35.2 Å². The van der Waals surface area contributed by atoms with Crippen molar-refractivity contribution in [3.63, 3.8) is 0 Å². The maximum atomic E-state index is 12.3. The van der Waals surface area contributed by atoms with E-state index in [-0.39, 0.29) is 16.7 Å². The largest absolute Gasteiger partial charge is 0.446 e. The van der Waals surface area contributed by atoms with Crippen LogP contribution in [0.4, 0.5) is 19.0 Å². The van der Waals surface area contributed by atoms with Crippen molar-refractivity contribution in [2.75, 3.05) is 12.4 Å². The number of alkyl halides is 3. The first-order valence-corrected chi connectivity index (χ1v) is 7.15. The van der Waals surface area contributed by atoms with Gasteiger partial charge in [0, 0.05) is 29.3 Å². The predicted molar refractivity (Wildman–Crippen MR) is 78.3 cm³/mol. The molecule has 1 aromatic carbocycles. The lowest BCUT2D eigenvalue weighted by Crippen LogP contribution is -2.01. The molecule has 0 aliphatic carbocycles. The van der Waals surface area contributed by atoms with Gasteiger partial charge in [-0.15, -0.1) is 0 Å². The summed E-state index contributed by atoms with van der Waals surface area (Å²) in [7, 11) is 1.76. The fourth-order valence-corrected chi connectivity index (χ4v) is 2.28. The molecule has 3 nitrogen and oxygen atoms in total. The van der Waals surface area contributed by atoms with Crippen molar-refractivity contribution in [2.45, 2.75) is 23.7 Å². The molecular formula is C14H14F3N3S. The second-order valence-electron chi connectivity index (χ2n) is 4.24.